The van der Waals surface area contributed by atoms with E-state index >= 15 is 0 Å². The Morgan fingerprint density at radius 1 is 1.34 bits per heavy atom. The van der Waals surface area contributed by atoms with Crippen LogP contribution in [0, 0.1) is 0 Å². The second kappa shape index (κ2) is 4.99. The summed E-state index contributed by atoms with van der Waals surface area (Å²) in [5, 5.41) is 27.9. The Balaban J connectivity index is 1.65. The summed E-state index contributed by atoms with van der Waals surface area (Å²) in [6.45, 7) is 4.45. The number of carbonyl (C=O) groups is 2. The van der Waals surface area contributed by atoms with E-state index < -0.39 is 34.6 Å². The lowest BCUT2D eigenvalue weighted by Gasteiger charge is -2.59. The van der Waals surface area contributed by atoms with Gasteiger partial charge in [-0.15, -0.1) is 0 Å². The fourth-order valence-corrected chi connectivity index (χ4v) is 6.67. The van der Waals surface area contributed by atoms with Crippen LogP contribution in [0.25, 0.3) is 0 Å². The number of aliphatic hydroxyl groups is 1. The molecule has 1 aromatic rings. The van der Waals surface area contributed by atoms with Crippen LogP contribution in [0.2, 0.25) is 0 Å². The summed E-state index contributed by atoms with van der Waals surface area (Å²) in [4.78, 5) is 25.0. The number of hydrogen-bond donors (Lipinski definition) is 4. The molecular weight excluding hydrogens is 374 g/mol. The first-order valence-electron chi connectivity index (χ1n) is 9.95. The molecule has 3 aliphatic heterocycles. The molecule has 0 radical (unpaired) electrons. The number of benzene rings is 1. The zero-order valence-electron chi connectivity index (χ0n) is 15.8. The van der Waals surface area contributed by atoms with Crippen molar-refractivity contribution in [3.63, 3.8) is 0 Å². The van der Waals surface area contributed by atoms with Gasteiger partial charge < -0.3 is 20.3 Å². The van der Waals surface area contributed by atoms with Crippen molar-refractivity contribution in [2.75, 3.05) is 6.54 Å². The lowest BCUT2D eigenvalue weighted by Crippen LogP contribution is -2.80. The van der Waals surface area contributed by atoms with E-state index in [-0.39, 0.29) is 18.2 Å². The largest absolute Gasteiger partial charge is 0.504 e. The summed E-state index contributed by atoms with van der Waals surface area (Å²) in [7, 11) is 0. The van der Waals surface area contributed by atoms with E-state index in [0.717, 1.165) is 11.1 Å². The van der Waals surface area contributed by atoms with Crippen molar-refractivity contribution < 1.29 is 29.1 Å². The SMILES string of the molecule is C=CC[N+]1=CCC23c4c5ccc(O)c4O[C@H]2C2(CCC3(O)[C@H]1C5)NC(=O)NC2=O. The third kappa shape index (κ3) is 1.66. The van der Waals surface area contributed by atoms with Crippen molar-refractivity contribution in [2.45, 2.75) is 54.4 Å². The van der Waals surface area contributed by atoms with E-state index in [1.807, 2.05) is 18.4 Å². The minimum atomic E-state index is -1.28. The molecule has 29 heavy (non-hydrogen) atoms. The Morgan fingerprint density at radius 3 is 2.90 bits per heavy atom. The first-order chi connectivity index (χ1) is 13.9. The molecule has 1 saturated carbocycles. The summed E-state index contributed by atoms with van der Waals surface area (Å²) >= 11 is 0. The number of carbonyl (C=O) groups excluding carboxylic acids is 2. The highest BCUT2D eigenvalue weighted by atomic mass is 16.5. The van der Waals surface area contributed by atoms with Gasteiger partial charge in [0.1, 0.15) is 17.9 Å². The summed E-state index contributed by atoms with van der Waals surface area (Å²) in [5.41, 5.74) is -1.59. The Labute approximate surface area is 166 Å². The Bertz CT molecular complexity index is 1050. The molecule has 8 nitrogen and oxygen atoms in total. The van der Waals surface area contributed by atoms with E-state index in [1.54, 1.807) is 6.07 Å². The summed E-state index contributed by atoms with van der Waals surface area (Å²) in [6.07, 6.45) is 4.68. The Hall–Kier alpha value is -2.87. The van der Waals surface area contributed by atoms with Crippen LogP contribution in [0.5, 0.6) is 11.5 Å². The maximum absolute atomic E-state index is 12.9. The van der Waals surface area contributed by atoms with E-state index in [9.17, 15) is 19.8 Å². The molecule has 1 aromatic carbocycles. The van der Waals surface area contributed by atoms with Gasteiger partial charge in [-0.3, -0.25) is 10.1 Å². The third-order valence-corrected chi connectivity index (χ3v) is 7.79. The molecule has 2 fully saturated rings. The quantitative estimate of drug-likeness (QED) is 0.322. The number of fused-ring (bicyclic) bond motifs is 1. The van der Waals surface area contributed by atoms with Crippen LogP contribution in [0.4, 0.5) is 4.79 Å². The van der Waals surface area contributed by atoms with E-state index in [0.29, 0.717) is 31.6 Å². The molecule has 8 heteroatoms. The van der Waals surface area contributed by atoms with Crippen LogP contribution >= 0.6 is 0 Å². The second-order valence-electron chi connectivity index (χ2n) is 8.81. The van der Waals surface area contributed by atoms with Gasteiger partial charge in [0.2, 0.25) is 0 Å². The molecule has 5 aliphatic rings. The number of amides is 3. The molecule has 2 aliphatic carbocycles. The normalized spacial score (nSPS) is 40.7. The van der Waals surface area contributed by atoms with Crippen LogP contribution in [0.3, 0.4) is 0 Å². The lowest BCUT2D eigenvalue weighted by molar-refractivity contribution is -0.588. The topological polar surface area (TPSA) is 111 Å². The number of nitrogens with zero attached hydrogens (tertiary/aromatic N) is 1. The van der Waals surface area contributed by atoms with Crippen molar-refractivity contribution in [2.24, 2.45) is 0 Å². The fraction of sp³-hybridized carbons (Fsp3) is 0.476. The first kappa shape index (κ1) is 17.0. The Kier molecular flexibility index (Phi) is 2.93. The first-order valence-corrected chi connectivity index (χ1v) is 9.95. The molecule has 4 N–H and O–H groups in total. The number of hydrogen-bond acceptors (Lipinski definition) is 5. The standard InChI is InChI=1S/C21H21N3O5/c1-2-8-24-9-7-19-14-11-3-4-12(25)15(14)29-16(19)20(17(26)22-18(27)23-20)5-6-21(19,28)13(24)10-11/h2-4,9,13,16,28H,1,5-8,10H2,(H2-,22,23,25,26,27)/p+1/t13-,16-,19?,20?,21?/m1/s1. The van der Waals surface area contributed by atoms with Crippen molar-refractivity contribution in [3.05, 3.63) is 35.9 Å². The third-order valence-electron chi connectivity index (χ3n) is 7.79. The zero-order valence-corrected chi connectivity index (χ0v) is 15.8. The maximum Gasteiger partial charge on any atom is 0.322 e. The van der Waals surface area contributed by atoms with Gasteiger partial charge in [0, 0.05) is 18.4 Å². The van der Waals surface area contributed by atoms with Crippen LogP contribution < -0.4 is 15.4 Å². The predicted molar refractivity (Wildman–Crippen MR) is 101 cm³/mol. The number of imide groups is 1. The molecule has 3 amide bonds. The zero-order chi connectivity index (χ0) is 20.2. The maximum atomic E-state index is 12.9. The molecule has 2 spiro atoms. The highest BCUT2D eigenvalue weighted by Gasteiger charge is 2.79. The van der Waals surface area contributed by atoms with Crippen molar-refractivity contribution >= 4 is 18.2 Å². The molecule has 3 heterocycles. The minimum absolute atomic E-state index is 0.0123. The van der Waals surface area contributed by atoms with Crippen LogP contribution in [0.1, 0.15) is 30.4 Å². The second-order valence-corrected chi connectivity index (χ2v) is 8.81. The Morgan fingerprint density at radius 2 is 2.17 bits per heavy atom. The number of phenols is 1. The van der Waals surface area contributed by atoms with Gasteiger partial charge in [-0.1, -0.05) is 12.6 Å². The number of phenolic OH excluding ortho intramolecular Hbond substituents is 1. The van der Waals surface area contributed by atoms with Gasteiger partial charge in [0.25, 0.3) is 5.91 Å². The molecule has 150 valence electrons. The molecule has 5 atom stereocenters. The number of urea groups is 1. The smallest absolute Gasteiger partial charge is 0.322 e. The average Bonchev–Trinajstić information content (AvgIpc) is 3.17. The molecule has 0 aromatic heterocycles. The predicted octanol–water partition coefficient (Wildman–Crippen LogP) is 0.0918. The van der Waals surface area contributed by atoms with Crippen LogP contribution in [0.15, 0.2) is 24.8 Å². The van der Waals surface area contributed by atoms with Gasteiger partial charge in [0.05, 0.1) is 5.41 Å². The van der Waals surface area contributed by atoms with E-state index in [1.165, 1.54) is 0 Å². The summed E-state index contributed by atoms with van der Waals surface area (Å²) < 4.78 is 8.40. The fourth-order valence-electron chi connectivity index (χ4n) is 6.67. The molecule has 1 saturated heterocycles. The highest BCUT2D eigenvalue weighted by Crippen LogP contribution is 2.66. The van der Waals surface area contributed by atoms with Crippen molar-refractivity contribution in [1.82, 2.24) is 10.6 Å². The van der Waals surface area contributed by atoms with Gasteiger partial charge in [-0.2, -0.15) is 0 Å². The van der Waals surface area contributed by atoms with Crippen LogP contribution in [-0.4, -0.2) is 62.8 Å². The minimum Gasteiger partial charge on any atom is -0.504 e. The lowest BCUT2D eigenvalue weighted by atomic mass is 9.46. The number of ether oxygens (including phenoxy) is 1. The van der Waals surface area contributed by atoms with Gasteiger partial charge in [-0.25, -0.2) is 9.37 Å². The van der Waals surface area contributed by atoms with Gasteiger partial charge >= 0.3 is 6.03 Å². The van der Waals surface area contributed by atoms with E-state index in [4.69, 9.17) is 4.74 Å². The van der Waals surface area contributed by atoms with Crippen molar-refractivity contribution in [1.29, 1.82) is 0 Å². The van der Waals surface area contributed by atoms with E-state index in [2.05, 4.69) is 21.8 Å². The van der Waals surface area contributed by atoms with Gasteiger partial charge in [0.15, 0.2) is 29.6 Å². The molecule has 2 bridgehead atoms. The van der Waals surface area contributed by atoms with Gasteiger partial charge in [-0.05, 0) is 30.5 Å². The number of rotatable bonds is 2. The van der Waals surface area contributed by atoms with Crippen LogP contribution in [-0.2, 0) is 16.6 Å². The monoisotopic (exact) mass is 396 g/mol. The number of nitrogens with one attached hydrogen (secondary N) is 2. The number of aromatic hydroxyl groups is 1. The molecular formula is C21H22N3O5+. The highest BCUT2D eigenvalue weighted by molar-refractivity contribution is 6.08. The van der Waals surface area contributed by atoms with Crippen molar-refractivity contribution in [3.8, 4) is 11.5 Å². The molecule has 3 unspecified atom stereocenters. The molecule has 6 rings (SSSR count). The average molecular weight is 396 g/mol. The summed E-state index contributed by atoms with van der Waals surface area (Å²) in [6, 6.07) is 2.71. The summed E-state index contributed by atoms with van der Waals surface area (Å²) in [5.74, 6) is -0.125.